The molecule has 1 aromatic carbocycles. The average molecular weight is 329 g/mol. The average Bonchev–Trinajstić information content (AvgIpc) is 3.01. The number of carbonyl (C=O) groups excluding carboxylic acids is 1. The molecule has 7 heteroatoms. The minimum Gasteiger partial charge on any atom is -0.369 e. The Morgan fingerprint density at radius 3 is 2.75 bits per heavy atom. The molecule has 1 amide bonds. The van der Waals surface area contributed by atoms with Gasteiger partial charge >= 0.3 is 0 Å². The van der Waals surface area contributed by atoms with Gasteiger partial charge in [0.05, 0.1) is 12.1 Å². The molecule has 1 aromatic heterocycles. The number of primary amides is 1. The Morgan fingerprint density at radius 2 is 2.04 bits per heavy atom. The first-order chi connectivity index (χ1) is 11.5. The van der Waals surface area contributed by atoms with Crippen LogP contribution >= 0.6 is 0 Å². The smallest absolute Gasteiger partial charge is 0.229 e. The quantitative estimate of drug-likeness (QED) is 0.784. The third kappa shape index (κ3) is 3.61. The van der Waals surface area contributed by atoms with Crippen LogP contribution < -0.4 is 16.4 Å². The van der Waals surface area contributed by atoms with Gasteiger partial charge < -0.3 is 16.4 Å². The van der Waals surface area contributed by atoms with Crippen molar-refractivity contribution >= 4 is 23.4 Å². The second kappa shape index (κ2) is 6.82. The first-order valence-corrected chi connectivity index (χ1v) is 7.95. The van der Waals surface area contributed by atoms with Crippen LogP contribution in [-0.4, -0.2) is 21.9 Å². The van der Waals surface area contributed by atoms with Crippen molar-refractivity contribution in [3.05, 3.63) is 41.8 Å². The highest BCUT2D eigenvalue weighted by Gasteiger charge is 2.32. The van der Waals surface area contributed by atoms with E-state index in [-0.39, 0.29) is 29.6 Å². The van der Waals surface area contributed by atoms with E-state index in [2.05, 4.69) is 20.6 Å². The first-order valence-electron chi connectivity index (χ1n) is 7.95. The van der Waals surface area contributed by atoms with Crippen LogP contribution in [0, 0.1) is 18.7 Å². The Balaban J connectivity index is 1.76. The zero-order valence-electron chi connectivity index (χ0n) is 13.4. The largest absolute Gasteiger partial charge is 0.369 e. The first kappa shape index (κ1) is 16.2. The monoisotopic (exact) mass is 329 g/mol. The Morgan fingerprint density at radius 1 is 1.29 bits per heavy atom. The molecule has 3 rings (SSSR count). The van der Waals surface area contributed by atoms with Gasteiger partial charge in [0, 0.05) is 11.7 Å². The van der Waals surface area contributed by atoms with Gasteiger partial charge in [0.25, 0.3) is 0 Å². The number of amides is 1. The molecule has 1 heterocycles. The summed E-state index contributed by atoms with van der Waals surface area (Å²) in [5.41, 5.74) is 7.36. The van der Waals surface area contributed by atoms with Crippen LogP contribution in [0.2, 0.25) is 0 Å². The Bertz CT molecular complexity index is 734. The maximum Gasteiger partial charge on any atom is 0.229 e. The summed E-state index contributed by atoms with van der Waals surface area (Å²) in [5, 5.41) is 6.05. The SMILES string of the molecule is Cc1ccc(Nc2ncc(F)c(NC3CCCC3C(N)=O)n2)cc1. The topological polar surface area (TPSA) is 92.9 Å². The van der Waals surface area contributed by atoms with Gasteiger partial charge in [-0.3, -0.25) is 4.79 Å². The molecule has 1 aliphatic carbocycles. The van der Waals surface area contributed by atoms with E-state index in [1.54, 1.807) is 0 Å². The number of hydrogen-bond acceptors (Lipinski definition) is 5. The van der Waals surface area contributed by atoms with Gasteiger partial charge in [0.1, 0.15) is 0 Å². The molecule has 0 saturated heterocycles. The van der Waals surface area contributed by atoms with Gasteiger partial charge in [0.15, 0.2) is 11.6 Å². The van der Waals surface area contributed by atoms with Crippen molar-refractivity contribution in [2.75, 3.05) is 10.6 Å². The lowest BCUT2D eigenvalue weighted by Crippen LogP contribution is -2.34. The van der Waals surface area contributed by atoms with E-state index in [0.29, 0.717) is 6.42 Å². The Hall–Kier alpha value is -2.70. The highest BCUT2D eigenvalue weighted by atomic mass is 19.1. The fourth-order valence-corrected chi connectivity index (χ4v) is 2.94. The number of benzene rings is 1. The molecule has 0 bridgehead atoms. The maximum absolute atomic E-state index is 14.0. The fourth-order valence-electron chi connectivity index (χ4n) is 2.94. The maximum atomic E-state index is 14.0. The minimum absolute atomic E-state index is 0.0813. The van der Waals surface area contributed by atoms with Crippen molar-refractivity contribution in [2.24, 2.45) is 11.7 Å². The molecule has 1 saturated carbocycles. The van der Waals surface area contributed by atoms with Crippen molar-refractivity contribution in [1.82, 2.24) is 9.97 Å². The van der Waals surface area contributed by atoms with Crippen LogP contribution in [-0.2, 0) is 4.79 Å². The normalized spacial score (nSPS) is 19.9. The highest BCUT2D eigenvalue weighted by Crippen LogP contribution is 2.29. The van der Waals surface area contributed by atoms with Gasteiger partial charge in [-0.25, -0.2) is 9.37 Å². The molecule has 4 N–H and O–H groups in total. The van der Waals surface area contributed by atoms with Crippen molar-refractivity contribution in [2.45, 2.75) is 32.2 Å². The number of hydrogen-bond donors (Lipinski definition) is 3. The summed E-state index contributed by atoms with van der Waals surface area (Å²) in [6, 6.07) is 7.52. The molecule has 24 heavy (non-hydrogen) atoms. The number of nitrogens with zero attached hydrogens (tertiary/aromatic N) is 2. The summed E-state index contributed by atoms with van der Waals surface area (Å²) in [4.78, 5) is 19.6. The van der Waals surface area contributed by atoms with E-state index in [1.165, 1.54) is 0 Å². The van der Waals surface area contributed by atoms with Crippen LogP contribution in [0.5, 0.6) is 0 Å². The fraction of sp³-hybridized carbons (Fsp3) is 0.353. The highest BCUT2D eigenvalue weighted by molar-refractivity contribution is 5.78. The van der Waals surface area contributed by atoms with Crippen molar-refractivity contribution < 1.29 is 9.18 Å². The lowest BCUT2D eigenvalue weighted by atomic mass is 10.0. The second-order valence-corrected chi connectivity index (χ2v) is 6.07. The van der Waals surface area contributed by atoms with Gasteiger partial charge in [-0.05, 0) is 31.9 Å². The van der Waals surface area contributed by atoms with E-state index >= 15 is 0 Å². The molecule has 6 nitrogen and oxygen atoms in total. The van der Waals surface area contributed by atoms with Gasteiger partial charge in [-0.15, -0.1) is 0 Å². The van der Waals surface area contributed by atoms with E-state index in [1.807, 2.05) is 31.2 Å². The number of carbonyl (C=O) groups is 1. The molecule has 1 fully saturated rings. The number of anilines is 3. The molecule has 0 radical (unpaired) electrons. The zero-order valence-corrected chi connectivity index (χ0v) is 13.4. The predicted octanol–water partition coefficient (Wildman–Crippen LogP) is 2.73. The van der Waals surface area contributed by atoms with Crippen LogP contribution in [0.25, 0.3) is 0 Å². The van der Waals surface area contributed by atoms with Crippen molar-refractivity contribution in [3.63, 3.8) is 0 Å². The summed E-state index contributed by atoms with van der Waals surface area (Å²) in [7, 11) is 0. The Kier molecular flexibility index (Phi) is 4.59. The number of rotatable bonds is 5. The number of nitrogens with one attached hydrogen (secondary N) is 2. The Labute approximate surface area is 139 Å². The van der Waals surface area contributed by atoms with E-state index in [9.17, 15) is 9.18 Å². The molecule has 1 aliphatic rings. The van der Waals surface area contributed by atoms with Crippen LogP contribution in [0.3, 0.4) is 0 Å². The van der Waals surface area contributed by atoms with Gasteiger partial charge in [-0.2, -0.15) is 4.98 Å². The van der Waals surface area contributed by atoms with Crippen LogP contribution in [0.4, 0.5) is 21.8 Å². The minimum atomic E-state index is -0.556. The number of halogens is 1. The predicted molar refractivity (Wildman–Crippen MR) is 90.4 cm³/mol. The summed E-state index contributed by atoms with van der Waals surface area (Å²) < 4.78 is 14.0. The number of nitrogens with two attached hydrogens (primary N) is 1. The molecular weight excluding hydrogens is 309 g/mol. The van der Waals surface area contributed by atoms with Crippen LogP contribution in [0.15, 0.2) is 30.5 Å². The van der Waals surface area contributed by atoms with Crippen molar-refractivity contribution in [1.29, 1.82) is 0 Å². The lowest BCUT2D eigenvalue weighted by Gasteiger charge is -2.19. The van der Waals surface area contributed by atoms with Gasteiger partial charge in [-0.1, -0.05) is 24.1 Å². The molecule has 0 spiro atoms. The molecule has 0 aliphatic heterocycles. The molecule has 126 valence electrons. The standard InChI is InChI=1S/C17H20FN5O/c1-10-5-7-11(8-6-10)21-17-20-9-13(18)16(23-17)22-14-4-2-3-12(14)15(19)24/h5-9,12,14H,2-4H2,1H3,(H2,19,24)(H2,20,21,22,23). The van der Waals surface area contributed by atoms with Crippen LogP contribution in [0.1, 0.15) is 24.8 Å². The van der Waals surface area contributed by atoms with E-state index in [4.69, 9.17) is 5.73 Å². The molecule has 2 aromatic rings. The van der Waals surface area contributed by atoms with E-state index < -0.39 is 5.82 Å². The number of aryl methyl sites for hydroxylation is 1. The summed E-state index contributed by atoms with van der Waals surface area (Å²) in [6.45, 7) is 2.00. The van der Waals surface area contributed by atoms with Crippen molar-refractivity contribution in [3.8, 4) is 0 Å². The summed E-state index contributed by atoms with van der Waals surface area (Å²) in [5.74, 6) is -0.848. The third-order valence-electron chi connectivity index (χ3n) is 4.26. The molecule has 2 unspecified atom stereocenters. The molecule has 2 atom stereocenters. The van der Waals surface area contributed by atoms with Gasteiger partial charge in [0.2, 0.25) is 11.9 Å². The summed E-state index contributed by atoms with van der Waals surface area (Å²) >= 11 is 0. The zero-order chi connectivity index (χ0) is 17.1. The third-order valence-corrected chi connectivity index (χ3v) is 4.26. The summed E-state index contributed by atoms with van der Waals surface area (Å²) in [6.07, 6.45) is 3.47. The number of aromatic nitrogens is 2. The van der Waals surface area contributed by atoms with E-state index in [0.717, 1.165) is 30.3 Å². The lowest BCUT2D eigenvalue weighted by molar-refractivity contribution is -0.121. The molecular formula is C17H20FN5O. The second-order valence-electron chi connectivity index (χ2n) is 6.07.